The molecule has 20 heavy (non-hydrogen) atoms. The highest BCUT2D eigenvalue weighted by Gasteiger charge is 2.30. The van der Waals surface area contributed by atoms with Crippen LogP contribution in [0.25, 0.3) is 0 Å². The first kappa shape index (κ1) is 14.4. The van der Waals surface area contributed by atoms with E-state index in [4.69, 9.17) is 4.74 Å². The normalized spacial score (nSPS) is 13.1. The molecule has 5 heteroatoms. The monoisotopic (exact) mass is 282 g/mol. The Balaban J connectivity index is 2.22. The number of halogens is 3. The van der Waals surface area contributed by atoms with Crippen LogP contribution >= 0.6 is 0 Å². The van der Waals surface area contributed by atoms with E-state index in [1.165, 1.54) is 19.2 Å². The van der Waals surface area contributed by atoms with Gasteiger partial charge in [-0.15, -0.1) is 0 Å². The Labute approximate surface area is 114 Å². The van der Waals surface area contributed by atoms with Gasteiger partial charge in [0.2, 0.25) is 0 Å². The fourth-order valence-corrected chi connectivity index (χ4v) is 1.83. The third-order valence-corrected chi connectivity index (χ3v) is 2.99. The number of methoxy groups -OCH3 is 1. The summed E-state index contributed by atoms with van der Waals surface area (Å²) in [7, 11) is 1.53. The molecule has 0 amide bonds. The van der Waals surface area contributed by atoms with E-state index >= 15 is 0 Å². The van der Waals surface area contributed by atoms with Crippen LogP contribution in [0.15, 0.2) is 48.5 Å². The van der Waals surface area contributed by atoms with Gasteiger partial charge in [-0.2, -0.15) is 13.2 Å². The van der Waals surface area contributed by atoms with E-state index in [-0.39, 0.29) is 0 Å². The van der Waals surface area contributed by atoms with Gasteiger partial charge in [-0.25, -0.2) is 0 Å². The highest BCUT2D eigenvalue weighted by Crippen LogP contribution is 2.31. The van der Waals surface area contributed by atoms with E-state index in [9.17, 15) is 18.3 Å². The number of aliphatic hydroxyl groups is 1. The summed E-state index contributed by atoms with van der Waals surface area (Å²) in [6.45, 7) is 0. The van der Waals surface area contributed by atoms with Crippen LogP contribution in [-0.4, -0.2) is 12.2 Å². The van der Waals surface area contributed by atoms with Crippen molar-refractivity contribution in [1.29, 1.82) is 0 Å². The van der Waals surface area contributed by atoms with Crippen LogP contribution in [0, 0.1) is 0 Å². The molecule has 2 aromatic rings. The summed E-state index contributed by atoms with van der Waals surface area (Å²) in [6.07, 6.45) is -5.34. The second-order valence-electron chi connectivity index (χ2n) is 4.30. The van der Waals surface area contributed by atoms with Crippen LogP contribution in [0.4, 0.5) is 13.2 Å². The van der Waals surface area contributed by atoms with E-state index in [2.05, 4.69) is 0 Å². The largest absolute Gasteiger partial charge is 0.497 e. The summed E-state index contributed by atoms with van der Waals surface area (Å²) in [5.41, 5.74) is 0.261. The SMILES string of the molecule is COc1ccc(C(O)c2ccc(C(F)(F)F)cc2)cc1. The van der Waals surface area contributed by atoms with Crippen molar-refractivity contribution in [1.82, 2.24) is 0 Å². The average Bonchev–Trinajstić information content (AvgIpc) is 2.46. The molecule has 0 radical (unpaired) electrons. The second-order valence-corrected chi connectivity index (χ2v) is 4.30. The zero-order valence-corrected chi connectivity index (χ0v) is 10.7. The van der Waals surface area contributed by atoms with Crippen molar-refractivity contribution in [3.8, 4) is 5.75 Å². The molecule has 0 aliphatic rings. The number of rotatable bonds is 3. The molecule has 2 aromatic carbocycles. The Morgan fingerprint density at radius 2 is 1.35 bits per heavy atom. The number of benzene rings is 2. The van der Waals surface area contributed by atoms with Gasteiger partial charge in [0, 0.05) is 0 Å². The lowest BCUT2D eigenvalue weighted by Gasteiger charge is -2.13. The molecule has 0 bridgehead atoms. The highest BCUT2D eigenvalue weighted by molar-refractivity contribution is 5.35. The lowest BCUT2D eigenvalue weighted by molar-refractivity contribution is -0.137. The first-order valence-electron chi connectivity index (χ1n) is 5.91. The van der Waals surface area contributed by atoms with E-state index in [1.807, 2.05) is 0 Å². The molecule has 0 aromatic heterocycles. The maximum absolute atomic E-state index is 12.5. The minimum Gasteiger partial charge on any atom is -0.497 e. The van der Waals surface area contributed by atoms with E-state index in [1.54, 1.807) is 24.3 Å². The van der Waals surface area contributed by atoms with Gasteiger partial charge in [0.1, 0.15) is 11.9 Å². The number of aliphatic hydroxyl groups excluding tert-OH is 1. The Kier molecular flexibility index (Phi) is 3.99. The minimum atomic E-state index is -4.37. The van der Waals surface area contributed by atoms with Crippen molar-refractivity contribution in [2.24, 2.45) is 0 Å². The van der Waals surface area contributed by atoms with Crippen molar-refractivity contribution in [2.45, 2.75) is 12.3 Å². The summed E-state index contributed by atoms with van der Waals surface area (Å²) in [5.74, 6) is 0.647. The molecule has 0 saturated carbocycles. The third kappa shape index (κ3) is 3.11. The highest BCUT2D eigenvalue weighted by atomic mass is 19.4. The van der Waals surface area contributed by atoms with Crippen LogP contribution in [0.1, 0.15) is 22.8 Å². The molecule has 2 rings (SSSR count). The number of alkyl halides is 3. The third-order valence-electron chi connectivity index (χ3n) is 2.99. The molecule has 106 valence electrons. The molecule has 1 unspecified atom stereocenters. The molecule has 1 atom stereocenters. The smallest absolute Gasteiger partial charge is 0.416 e. The van der Waals surface area contributed by atoms with Crippen LogP contribution in [0.2, 0.25) is 0 Å². The molecule has 0 heterocycles. The summed E-state index contributed by atoms with van der Waals surface area (Å²) in [4.78, 5) is 0. The van der Waals surface area contributed by atoms with Crippen molar-refractivity contribution in [3.05, 3.63) is 65.2 Å². The number of hydrogen-bond acceptors (Lipinski definition) is 2. The Morgan fingerprint density at radius 1 is 0.900 bits per heavy atom. The fourth-order valence-electron chi connectivity index (χ4n) is 1.83. The number of ether oxygens (including phenoxy) is 1. The lowest BCUT2D eigenvalue weighted by Crippen LogP contribution is -2.06. The van der Waals surface area contributed by atoms with Gasteiger partial charge in [0.05, 0.1) is 12.7 Å². The molecule has 2 nitrogen and oxygen atoms in total. The Morgan fingerprint density at radius 3 is 1.75 bits per heavy atom. The number of hydrogen-bond donors (Lipinski definition) is 1. The molecule has 0 spiro atoms. The second kappa shape index (κ2) is 5.54. The zero-order valence-electron chi connectivity index (χ0n) is 10.7. The molecular weight excluding hydrogens is 269 g/mol. The van der Waals surface area contributed by atoms with Gasteiger partial charge in [0.15, 0.2) is 0 Å². The van der Waals surface area contributed by atoms with Crippen molar-refractivity contribution < 1.29 is 23.0 Å². The Hall–Kier alpha value is -2.01. The van der Waals surface area contributed by atoms with Crippen LogP contribution < -0.4 is 4.74 Å². The fraction of sp³-hybridized carbons (Fsp3) is 0.200. The topological polar surface area (TPSA) is 29.5 Å². The Bertz CT molecular complexity index is 559. The molecular formula is C15H13F3O2. The van der Waals surface area contributed by atoms with E-state index < -0.39 is 17.8 Å². The first-order chi connectivity index (χ1) is 9.41. The quantitative estimate of drug-likeness (QED) is 0.928. The summed E-state index contributed by atoms with van der Waals surface area (Å²) >= 11 is 0. The van der Waals surface area contributed by atoms with Crippen LogP contribution in [0.5, 0.6) is 5.75 Å². The predicted molar refractivity (Wildman–Crippen MR) is 68.5 cm³/mol. The van der Waals surface area contributed by atoms with Gasteiger partial charge in [-0.1, -0.05) is 24.3 Å². The first-order valence-corrected chi connectivity index (χ1v) is 5.91. The lowest BCUT2D eigenvalue weighted by atomic mass is 10.0. The molecule has 0 fully saturated rings. The van der Waals surface area contributed by atoms with Crippen LogP contribution in [-0.2, 0) is 6.18 Å². The van der Waals surface area contributed by atoms with E-state index in [0.717, 1.165) is 12.1 Å². The van der Waals surface area contributed by atoms with Crippen molar-refractivity contribution >= 4 is 0 Å². The van der Waals surface area contributed by atoms with Crippen LogP contribution in [0.3, 0.4) is 0 Å². The van der Waals surface area contributed by atoms with Gasteiger partial charge >= 0.3 is 6.18 Å². The summed E-state index contributed by atoms with van der Waals surface area (Å²) in [6, 6.07) is 11.2. The standard InChI is InChI=1S/C15H13F3O2/c1-20-13-8-4-11(5-9-13)14(19)10-2-6-12(7-3-10)15(16,17)18/h2-9,14,19H,1H3. The van der Waals surface area contributed by atoms with Crippen molar-refractivity contribution in [2.75, 3.05) is 7.11 Å². The summed E-state index contributed by atoms with van der Waals surface area (Å²) in [5, 5.41) is 10.1. The van der Waals surface area contributed by atoms with Gasteiger partial charge < -0.3 is 9.84 Å². The predicted octanol–water partition coefficient (Wildman–Crippen LogP) is 3.80. The van der Waals surface area contributed by atoms with Gasteiger partial charge in [-0.3, -0.25) is 0 Å². The van der Waals surface area contributed by atoms with Gasteiger partial charge in [0.25, 0.3) is 0 Å². The molecule has 1 N–H and O–H groups in total. The average molecular weight is 282 g/mol. The summed E-state index contributed by atoms with van der Waals surface area (Å²) < 4.78 is 42.4. The molecule has 0 saturated heterocycles. The van der Waals surface area contributed by atoms with E-state index in [0.29, 0.717) is 16.9 Å². The van der Waals surface area contributed by atoms with Gasteiger partial charge in [-0.05, 0) is 35.4 Å². The maximum Gasteiger partial charge on any atom is 0.416 e. The van der Waals surface area contributed by atoms with Crippen molar-refractivity contribution in [3.63, 3.8) is 0 Å². The zero-order chi connectivity index (χ0) is 14.8. The molecule has 0 aliphatic carbocycles. The molecule has 0 aliphatic heterocycles. The maximum atomic E-state index is 12.5. The minimum absolute atomic E-state index is 0.406.